The van der Waals surface area contributed by atoms with Gasteiger partial charge >= 0.3 is 6.18 Å². The van der Waals surface area contributed by atoms with Crippen LogP contribution in [0.25, 0.3) is 0 Å². The second kappa shape index (κ2) is 9.13. The molecule has 1 atom stereocenters. The van der Waals surface area contributed by atoms with E-state index in [1.54, 1.807) is 4.90 Å². The Morgan fingerprint density at radius 3 is 2.32 bits per heavy atom. The Labute approximate surface area is 144 Å². The number of piperazine rings is 1. The lowest BCUT2D eigenvalue weighted by Crippen LogP contribution is -2.46. The van der Waals surface area contributed by atoms with Gasteiger partial charge in [-0.2, -0.15) is 13.2 Å². The predicted octanol–water partition coefficient (Wildman–Crippen LogP) is 4.22. The summed E-state index contributed by atoms with van der Waals surface area (Å²) in [5.41, 5.74) is 0.0109. The first-order valence-electron chi connectivity index (χ1n) is 6.34. The number of rotatable bonds is 3. The van der Waals surface area contributed by atoms with Crippen molar-refractivity contribution in [1.82, 2.24) is 10.2 Å². The Hall–Kier alpha value is -0.270. The molecule has 2 rings (SSSR count). The predicted molar refractivity (Wildman–Crippen MR) is 83.8 cm³/mol. The maximum absolute atomic E-state index is 14.0. The van der Waals surface area contributed by atoms with Crippen molar-refractivity contribution in [2.24, 2.45) is 0 Å². The highest BCUT2D eigenvalue weighted by molar-refractivity contribution is 6.30. The van der Waals surface area contributed by atoms with E-state index in [1.807, 2.05) is 0 Å². The molecule has 1 aromatic carbocycles. The molecule has 2 nitrogen and oxygen atoms in total. The Morgan fingerprint density at radius 2 is 1.77 bits per heavy atom. The van der Waals surface area contributed by atoms with E-state index in [4.69, 9.17) is 11.6 Å². The third-order valence-corrected chi connectivity index (χ3v) is 3.65. The van der Waals surface area contributed by atoms with Crippen molar-refractivity contribution >= 4 is 36.4 Å². The van der Waals surface area contributed by atoms with Crippen LogP contribution in [0.2, 0.25) is 5.02 Å². The molecule has 0 spiro atoms. The van der Waals surface area contributed by atoms with Crippen molar-refractivity contribution in [2.75, 3.05) is 26.2 Å². The quantitative estimate of drug-likeness (QED) is 0.786. The second-order valence-electron chi connectivity index (χ2n) is 4.76. The third kappa shape index (κ3) is 5.74. The Kier molecular flexibility index (Phi) is 9.02. The Balaban J connectivity index is 0.00000220. The van der Waals surface area contributed by atoms with Crippen LogP contribution in [0.3, 0.4) is 0 Å². The molecule has 0 bridgehead atoms. The molecule has 0 amide bonds. The summed E-state index contributed by atoms with van der Waals surface area (Å²) in [4.78, 5) is 1.65. The average Bonchev–Trinajstić information content (AvgIpc) is 2.40. The molecule has 1 fully saturated rings. The smallest absolute Gasteiger partial charge is 0.314 e. The summed E-state index contributed by atoms with van der Waals surface area (Å²) in [5, 5.41) is 2.92. The number of halogens is 7. The van der Waals surface area contributed by atoms with Gasteiger partial charge in [0, 0.05) is 37.8 Å². The fraction of sp³-hybridized carbons (Fsp3) is 0.538. The summed E-state index contributed by atoms with van der Waals surface area (Å²) < 4.78 is 52.4. The van der Waals surface area contributed by atoms with Gasteiger partial charge in [-0.05, 0) is 6.07 Å². The molecule has 0 saturated carbocycles. The molecule has 1 aliphatic heterocycles. The van der Waals surface area contributed by atoms with Crippen LogP contribution < -0.4 is 5.32 Å². The van der Waals surface area contributed by atoms with Gasteiger partial charge in [-0.15, -0.1) is 24.8 Å². The second-order valence-corrected chi connectivity index (χ2v) is 5.17. The molecular weight excluding hydrogens is 367 g/mol. The van der Waals surface area contributed by atoms with E-state index in [9.17, 15) is 17.6 Å². The molecule has 1 aromatic rings. The minimum Gasteiger partial charge on any atom is -0.314 e. The molecule has 128 valence electrons. The van der Waals surface area contributed by atoms with Crippen molar-refractivity contribution < 1.29 is 17.6 Å². The first-order valence-corrected chi connectivity index (χ1v) is 6.72. The average molecular weight is 384 g/mol. The van der Waals surface area contributed by atoms with Gasteiger partial charge in [0.05, 0.1) is 11.4 Å². The van der Waals surface area contributed by atoms with Gasteiger partial charge < -0.3 is 5.32 Å². The van der Waals surface area contributed by atoms with E-state index in [-0.39, 0.29) is 35.4 Å². The topological polar surface area (TPSA) is 15.3 Å². The van der Waals surface area contributed by atoms with E-state index in [1.165, 1.54) is 18.2 Å². The highest BCUT2D eigenvalue weighted by atomic mass is 35.5. The number of hydrogen-bond donors (Lipinski definition) is 1. The standard InChI is InChI=1S/C13H15ClF4N2.2ClH/c14-10-3-1-2-9(12(10)15)11(8-13(16,17)18)20-6-4-19-5-7-20;;/h1-3,11,19H,4-8H2;2*1H/t11-;;/m0../s1. The van der Waals surface area contributed by atoms with Crippen molar-refractivity contribution in [3.63, 3.8) is 0 Å². The van der Waals surface area contributed by atoms with Gasteiger partial charge in [0.15, 0.2) is 0 Å². The van der Waals surface area contributed by atoms with Crippen LogP contribution in [0.1, 0.15) is 18.0 Å². The molecule has 1 N–H and O–H groups in total. The summed E-state index contributed by atoms with van der Waals surface area (Å²) in [6.45, 7) is 2.09. The van der Waals surface area contributed by atoms with E-state index in [2.05, 4.69) is 5.32 Å². The zero-order valence-corrected chi connectivity index (χ0v) is 13.9. The zero-order valence-electron chi connectivity index (χ0n) is 11.5. The number of nitrogens with one attached hydrogen (secondary N) is 1. The lowest BCUT2D eigenvalue weighted by atomic mass is 10.00. The van der Waals surface area contributed by atoms with Gasteiger partial charge in [0.2, 0.25) is 0 Å². The van der Waals surface area contributed by atoms with Gasteiger partial charge in [-0.25, -0.2) is 4.39 Å². The molecule has 22 heavy (non-hydrogen) atoms. The van der Waals surface area contributed by atoms with Gasteiger partial charge in [0.25, 0.3) is 0 Å². The van der Waals surface area contributed by atoms with Crippen LogP contribution in [-0.4, -0.2) is 37.3 Å². The Morgan fingerprint density at radius 1 is 1.18 bits per heavy atom. The first kappa shape index (κ1) is 21.7. The molecule has 0 aromatic heterocycles. The molecule has 1 saturated heterocycles. The minimum atomic E-state index is -4.36. The normalized spacial score (nSPS) is 17.3. The maximum Gasteiger partial charge on any atom is 0.390 e. The summed E-state index contributed by atoms with van der Waals surface area (Å²) in [6.07, 6.45) is -5.44. The van der Waals surface area contributed by atoms with Crippen LogP contribution in [0.5, 0.6) is 0 Å². The van der Waals surface area contributed by atoms with Crippen molar-refractivity contribution in [2.45, 2.75) is 18.6 Å². The van der Waals surface area contributed by atoms with Gasteiger partial charge in [-0.1, -0.05) is 23.7 Å². The SMILES string of the molecule is Cl.Cl.Fc1c(Cl)cccc1[C@H](CC(F)(F)F)N1CCNCC1. The highest BCUT2D eigenvalue weighted by Crippen LogP contribution is 2.36. The number of hydrogen-bond acceptors (Lipinski definition) is 2. The molecule has 0 unspecified atom stereocenters. The third-order valence-electron chi connectivity index (χ3n) is 3.36. The van der Waals surface area contributed by atoms with E-state index in [0.717, 1.165) is 0 Å². The van der Waals surface area contributed by atoms with E-state index >= 15 is 0 Å². The van der Waals surface area contributed by atoms with Crippen molar-refractivity contribution in [3.05, 3.63) is 34.6 Å². The van der Waals surface area contributed by atoms with Crippen molar-refractivity contribution in [1.29, 1.82) is 0 Å². The first-order chi connectivity index (χ1) is 9.38. The highest BCUT2D eigenvalue weighted by Gasteiger charge is 2.37. The van der Waals surface area contributed by atoms with E-state index in [0.29, 0.717) is 26.2 Å². The zero-order chi connectivity index (χ0) is 14.8. The summed E-state index contributed by atoms with van der Waals surface area (Å²) in [5.74, 6) is -0.762. The maximum atomic E-state index is 14.0. The Bertz CT molecular complexity index is 465. The van der Waals surface area contributed by atoms with Crippen LogP contribution in [0.15, 0.2) is 18.2 Å². The number of alkyl halides is 3. The van der Waals surface area contributed by atoms with Crippen LogP contribution >= 0.6 is 36.4 Å². The number of nitrogens with zero attached hydrogens (tertiary/aromatic N) is 1. The number of benzene rings is 1. The summed E-state index contributed by atoms with van der Waals surface area (Å²) in [7, 11) is 0. The molecule has 1 aliphatic rings. The fourth-order valence-electron chi connectivity index (χ4n) is 2.43. The lowest BCUT2D eigenvalue weighted by molar-refractivity contribution is -0.149. The molecule has 9 heteroatoms. The summed E-state index contributed by atoms with van der Waals surface area (Å²) in [6, 6.07) is 3.16. The van der Waals surface area contributed by atoms with Crippen LogP contribution in [0.4, 0.5) is 17.6 Å². The molecule has 0 radical (unpaired) electrons. The lowest BCUT2D eigenvalue weighted by Gasteiger charge is -2.35. The van der Waals surface area contributed by atoms with E-state index < -0.39 is 24.5 Å². The van der Waals surface area contributed by atoms with Crippen LogP contribution in [0, 0.1) is 5.82 Å². The fourth-order valence-corrected chi connectivity index (χ4v) is 2.61. The summed E-state index contributed by atoms with van der Waals surface area (Å²) >= 11 is 5.68. The monoisotopic (exact) mass is 382 g/mol. The van der Waals surface area contributed by atoms with Gasteiger partial charge in [0.1, 0.15) is 5.82 Å². The molecular formula is C13H17Cl3F4N2. The minimum absolute atomic E-state index is 0. The van der Waals surface area contributed by atoms with Crippen molar-refractivity contribution in [3.8, 4) is 0 Å². The molecule has 1 heterocycles. The largest absolute Gasteiger partial charge is 0.390 e. The van der Waals surface area contributed by atoms with Crippen LogP contribution in [-0.2, 0) is 0 Å². The van der Waals surface area contributed by atoms with Gasteiger partial charge in [-0.3, -0.25) is 4.90 Å². The molecule has 0 aliphatic carbocycles.